The lowest BCUT2D eigenvalue weighted by molar-refractivity contribution is -0.139. The van der Waals surface area contributed by atoms with Crippen LogP contribution in [0.5, 0.6) is 0 Å². The van der Waals surface area contributed by atoms with Crippen LogP contribution >= 0.6 is 0 Å². The highest BCUT2D eigenvalue weighted by molar-refractivity contribution is 7.89. The number of carboxylic acid groups (broad SMARTS) is 1. The van der Waals surface area contributed by atoms with Crippen LogP contribution in [0.2, 0.25) is 0 Å². The molecule has 1 atom stereocenters. The van der Waals surface area contributed by atoms with Crippen molar-refractivity contribution in [3.8, 4) is 0 Å². The SMILES string of the molecule is O=C(O)CC1CCN(C(=O)C2CCCN(S(=O)(=O)c3ccccc3)C2)CC1. The van der Waals surface area contributed by atoms with Gasteiger partial charge in [-0.2, -0.15) is 4.31 Å². The van der Waals surface area contributed by atoms with E-state index in [1.807, 2.05) is 0 Å². The Labute approximate surface area is 160 Å². The van der Waals surface area contributed by atoms with Gasteiger partial charge in [0.15, 0.2) is 0 Å². The summed E-state index contributed by atoms with van der Waals surface area (Å²) in [6.45, 7) is 1.75. The molecule has 1 unspecified atom stereocenters. The van der Waals surface area contributed by atoms with Crippen molar-refractivity contribution < 1.29 is 23.1 Å². The van der Waals surface area contributed by atoms with Gasteiger partial charge >= 0.3 is 5.97 Å². The monoisotopic (exact) mass is 394 g/mol. The molecule has 1 amide bonds. The van der Waals surface area contributed by atoms with Crippen molar-refractivity contribution in [2.24, 2.45) is 11.8 Å². The van der Waals surface area contributed by atoms with Gasteiger partial charge in [-0.3, -0.25) is 9.59 Å². The smallest absolute Gasteiger partial charge is 0.303 e. The molecule has 1 aromatic rings. The molecule has 27 heavy (non-hydrogen) atoms. The quantitative estimate of drug-likeness (QED) is 0.822. The number of sulfonamides is 1. The number of nitrogens with zero attached hydrogens (tertiary/aromatic N) is 2. The molecule has 0 aliphatic carbocycles. The average molecular weight is 394 g/mol. The molecule has 2 heterocycles. The lowest BCUT2D eigenvalue weighted by Gasteiger charge is -2.37. The maximum atomic E-state index is 12.9. The standard InChI is InChI=1S/C19H26N2O5S/c22-18(23)13-15-8-11-20(12-9-15)19(24)16-5-4-10-21(14-16)27(25,26)17-6-2-1-3-7-17/h1-3,6-7,15-16H,4-5,8-14H2,(H,22,23). The molecule has 8 heteroatoms. The minimum atomic E-state index is -3.58. The molecule has 1 aromatic carbocycles. The van der Waals surface area contributed by atoms with Crippen LogP contribution in [0, 0.1) is 11.8 Å². The molecule has 148 valence electrons. The van der Waals surface area contributed by atoms with E-state index in [9.17, 15) is 18.0 Å². The lowest BCUT2D eigenvalue weighted by Crippen LogP contribution is -2.48. The van der Waals surface area contributed by atoms with Crippen LogP contribution in [0.25, 0.3) is 0 Å². The van der Waals surface area contributed by atoms with Crippen LogP contribution in [-0.2, 0) is 19.6 Å². The molecule has 0 saturated carbocycles. The Balaban J connectivity index is 1.61. The fraction of sp³-hybridized carbons (Fsp3) is 0.579. The first-order valence-corrected chi connectivity index (χ1v) is 10.9. The van der Waals surface area contributed by atoms with Crippen molar-refractivity contribution in [3.05, 3.63) is 30.3 Å². The van der Waals surface area contributed by atoms with E-state index >= 15 is 0 Å². The highest BCUT2D eigenvalue weighted by atomic mass is 32.2. The number of carboxylic acids is 1. The molecule has 0 spiro atoms. The largest absolute Gasteiger partial charge is 0.481 e. The third kappa shape index (κ3) is 4.68. The van der Waals surface area contributed by atoms with Crippen LogP contribution in [-0.4, -0.2) is 60.8 Å². The van der Waals surface area contributed by atoms with E-state index in [1.165, 1.54) is 4.31 Å². The first kappa shape index (κ1) is 19.8. The van der Waals surface area contributed by atoms with Gasteiger partial charge in [-0.05, 0) is 43.7 Å². The predicted molar refractivity (Wildman–Crippen MR) is 99.5 cm³/mol. The first-order valence-electron chi connectivity index (χ1n) is 9.43. The number of likely N-dealkylation sites (tertiary alicyclic amines) is 1. The lowest BCUT2D eigenvalue weighted by atomic mass is 9.91. The summed E-state index contributed by atoms with van der Waals surface area (Å²) in [6, 6.07) is 8.32. The summed E-state index contributed by atoms with van der Waals surface area (Å²) in [5.41, 5.74) is 0. The number of piperidine rings is 2. The molecule has 7 nitrogen and oxygen atoms in total. The number of benzene rings is 1. The first-order chi connectivity index (χ1) is 12.9. The zero-order valence-electron chi connectivity index (χ0n) is 15.3. The van der Waals surface area contributed by atoms with Gasteiger partial charge in [0.2, 0.25) is 15.9 Å². The molecular weight excluding hydrogens is 368 g/mol. The van der Waals surface area contributed by atoms with E-state index in [4.69, 9.17) is 5.11 Å². The number of rotatable bonds is 5. The number of hydrogen-bond donors (Lipinski definition) is 1. The van der Waals surface area contributed by atoms with Gasteiger partial charge in [-0.25, -0.2) is 8.42 Å². The van der Waals surface area contributed by atoms with Crippen molar-refractivity contribution in [1.82, 2.24) is 9.21 Å². The fourth-order valence-corrected chi connectivity index (χ4v) is 5.51. The zero-order valence-corrected chi connectivity index (χ0v) is 16.1. The topological polar surface area (TPSA) is 95.0 Å². The predicted octanol–water partition coefficient (Wildman–Crippen LogP) is 1.80. The van der Waals surface area contributed by atoms with Crippen molar-refractivity contribution in [2.75, 3.05) is 26.2 Å². The molecule has 0 aromatic heterocycles. The summed E-state index contributed by atoms with van der Waals surface area (Å²) < 4.78 is 27.1. The van der Waals surface area contributed by atoms with E-state index in [1.54, 1.807) is 35.2 Å². The van der Waals surface area contributed by atoms with E-state index in [0.29, 0.717) is 45.3 Å². The minimum absolute atomic E-state index is 0.00302. The van der Waals surface area contributed by atoms with Crippen molar-refractivity contribution in [3.63, 3.8) is 0 Å². The van der Waals surface area contributed by atoms with Gasteiger partial charge < -0.3 is 10.0 Å². The maximum Gasteiger partial charge on any atom is 0.303 e. The molecular formula is C19H26N2O5S. The normalized spacial score (nSPS) is 22.5. The average Bonchev–Trinajstić information content (AvgIpc) is 2.68. The van der Waals surface area contributed by atoms with Crippen LogP contribution in [0.4, 0.5) is 0 Å². The van der Waals surface area contributed by atoms with Gasteiger partial charge in [0.25, 0.3) is 0 Å². The number of hydrogen-bond acceptors (Lipinski definition) is 4. The molecule has 1 N–H and O–H groups in total. The molecule has 2 fully saturated rings. The molecule has 2 aliphatic heterocycles. The summed E-state index contributed by atoms with van der Waals surface area (Å²) in [5, 5.41) is 8.90. The molecule has 3 rings (SSSR count). The summed E-state index contributed by atoms with van der Waals surface area (Å²) in [5.74, 6) is -1.01. The van der Waals surface area contributed by atoms with Gasteiger partial charge in [0.1, 0.15) is 0 Å². The number of aliphatic carboxylic acids is 1. The van der Waals surface area contributed by atoms with Crippen LogP contribution in [0.15, 0.2) is 35.2 Å². The summed E-state index contributed by atoms with van der Waals surface area (Å²) in [4.78, 5) is 25.7. The summed E-state index contributed by atoms with van der Waals surface area (Å²) >= 11 is 0. The van der Waals surface area contributed by atoms with Crippen LogP contribution in [0.1, 0.15) is 32.1 Å². The van der Waals surface area contributed by atoms with E-state index in [0.717, 1.165) is 0 Å². The molecule has 2 saturated heterocycles. The van der Waals surface area contributed by atoms with E-state index in [-0.39, 0.29) is 35.6 Å². The van der Waals surface area contributed by atoms with Crippen LogP contribution < -0.4 is 0 Å². The Hall–Kier alpha value is -1.93. The second kappa shape index (κ2) is 8.39. The summed E-state index contributed by atoms with van der Waals surface area (Å²) in [7, 11) is -3.58. The van der Waals surface area contributed by atoms with Crippen LogP contribution in [0.3, 0.4) is 0 Å². The minimum Gasteiger partial charge on any atom is -0.481 e. The second-order valence-corrected chi connectivity index (χ2v) is 9.32. The molecule has 0 bridgehead atoms. The van der Waals surface area contributed by atoms with Gasteiger partial charge in [0.05, 0.1) is 10.8 Å². The van der Waals surface area contributed by atoms with Gasteiger partial charge in [-0.1, -0.05) is 18.2 Å². The third-order valence-electron chi connectivity index (χ3n) is 5.50. The number of carbonyl (C=O) groups is 2. The summed E-state index contributed by atoms with van der Waals surface area (Å²) in [6.07, 6.45) is 2.88. The Morgan fingerprint density at radius 3 is 2.33 bits per heavy atom. The second-order valence-electron chi connectivity index (χ2n) is 7.38. The Morgan fingerprint density at radius 1 is 1.04 bits per heavy atom. The van der Waals surface area contributed by atoms with E-state index < -0.39 is 16.0 Å². The highest BCUT2D eigenvalue weighted by Gasteiger charge is 2.36. The molecule has 0 radical (unpaired) electrons. The number of amides is 1. The Bertz CT molecular complexity index is 773. The third-order valence-corrected chi connectivity index (χ3v) is 7.38. The van der Waals surface area contributed by atoms with Crippen molar-refractivity contribution in [2.45, 2.75) is 37.0 Å². The molecule has 2 aliphatic rings. The number of carbonyl (C=O) groups excluding carboxylic acids is 1. The van der Waals surface area contributed by atoms with Crippen molar-refractivity contribution in [1.29, 1.82) is 0 Å². The Kier molecular flexibility index (Phi) is 6.16. The van der Waals surface area contributed by atoms with E-state index in [2.05, 4.69) is 0 Å². The maximum absolute atomic E-state index is 12.9. The fourth-order valence-electron chi connectivity index (χ4n) is 3.97. The van der Waals surface area contributed by atoms with Crippen molar-refractivity contribution >= 4 is 21.9 Å². The Morgan fingerprint density at radius 2 is 1.70 bits per heavy atom. The van der Waals surface area contributed by atoms with Gasteiger partial charge in [0, 0.05) is 32.6 Å². The highest BCUT2D eigenvalue weighted by Crippen LogP contribution is 2.27. The van der Waals surface area contributed by atoms with Gasteiger partial charge in [-0.15, -0.1) is 0 Å². The zero-order chi connectivity index (χ0) is 19.4.